The van der Waals surface area contributed by atoms with Crippen LogP contribution in [0.15, 0.2) is 0 Å². The molecule has 0 heterocycles. The number of likely N-dealkylation sites (N-methyl/N-ethyl adjacent to an activating group) is 1. The fraction of sp³-hybridized carbons (Fsp3) is 0.875. The third-order valence-electron chi connectivity index (χ3n) is 1.73. The van der Waals surface area contributed by atoms with Gasteiger partial charge in [0.05, 0.1) is 12.6 Å². The van der Waals surface area contributed by atoms with E-state index in [1.165, 1.54) is 7.11 Å². The van der Waals surface area contributed by atoms with E-state index >= 15 is 0 Å². The number of methoxy groups -OCH3 is 2. The van der Waals surface area contributed by atoms with Gasteiger partial charge in [0.1, 0.15) is 6.61 Å². The Bertz CT molecular complexity index is 138. The molecule has 0 fully saturated rings. The molecule has 0 N–H and O–H groups in total. The third-order valence-corrected chi connectivity index (χ3v) is 1.73. The van der Waals surface area contributed by atoms with E-state index in [0.717, 1.165) is 0 Å². The van der Waals surface area contributed by atoms with Gasteiger partial charge in [0, 0.05) is 21.3 Å². The lowest BCUT2D eigenvalue weighted by Crippen LogP contribution is -2.39. The lowest BCUT2D eigenvalue weighted by Gasteiger charge is -2.23. The maximum atomic E-state index is 11.2. The van der Waals surface area contributed by atoms with E-state index < -0.39 is 0 Å². The maximum absolute atomic E-state index is 11.2. The van der Waals surface area contributed by atoms with E-state index in [9.17, 15) is 4.79 Å². The summed E-state index contributed by atoms with van der Waals surface area (Å²) < 4.78 is 9.64. The zero-order valence-electron chi connectivity index (χ0n) is 8.16. The number of rotatable bonds is 5. The number of nitrogens with zero attached hydrogens (tertiary/aromatic N) is 1. The normalized spacial score (nSPS) is 12.7. The molecule has 72 valence electrons. The van der Waals surface area contributed by atoms with Gasteiger partial charge in [-0.25, -0.2) is 0 Å². The van der Waals surface area contributed by atoms with Crippen molar-refractivity contribution in [3.8, 4) is 0 Å². The molecule has 0 aromatic rings. The molecule has 0 aromatic carbocycles. The zero-order valence-corrected chi connectivity index (χ0v) is 8.16. The second-order valence-electron chi connectivity index (χ2n) is 2.74. The summed E-state index contributed by atoms with van der Waals surface area (Å²) in [5.74, 6) is -0.0259. The molecule has 0 spiro atoms. The molecule has 1 amide bonds. The Morgan fingerprint density at radius 3 is 2.42 bits per heavy atom. The van der Waals surface area contributed by atoms with Gasteiger partial charge in [-0.1, -0.05) is 0 Å². The van der Waals surface area contributed by atoms with E-state index in [-0.39, 0.29) is 18.6 Å². The number of hydrogen-bond donors (Lipinski definition) is 0. The summed E-state index contributed by atoms with van der Waals surface area (Å²) in [4.78, 5) is 12.8. The molecule has 0 saturated carbocycles. The van der Waals surface area contributed by atoms with Crippen molar-refractivity contribution in [2.75, 3.05) is 34.5 Å². The van der Waals surface area contributed by atoms with Crippen LogP contribution in [0.2, 0.25) is 0 Å². The van der Waals surface area contributed by atoms with Gasteiger partial charge in [-0.2, -0.15) is 0 Å². The van der Waals surface area contributed by atoms with Gasteiger partial charge in [0.25, 0.3) is 0 Å². The molecular formula is C8H17NO3. The van der Waals surface area contributed by atoms with Crippen LogP contribution in [0.3, 0.4) is 0 Å². The summed E-state index contributed by atoms with van der Waals surface area (Å²) in [5, 5.41) is 0. The minimum Gasteiger partial charge on any atom is -0.383 e. The van der Waals surface area contributed by atoms with E-state index in [0.29, 0.717) is 6.61 Å². The highest BCUT2D eigenvalue weighted by molar-refractivity contribution is 5.77. The van der Waals surface area contributed by atoms with Crippen LogP contribution in [0.4, 0.5) is 0 Å². The Morgan fingerprint density at radius 1 is 1.42 bits per heavy atom. The molecule has 0 bridgehead atoms. The molecule has 12 heavy (non-hydrogen) atoms. The summed E-state index contributed by atoms with van der Waals surface area (Å²) in [6.45, 7) is 2.60. The maximum Gasteiger partial charge on any atom is 0.248 e. The van der Waals surface area contributed by atoms with Crippen LogP contribution in [0.25, 0.3) is 0 Å². The Labute approximate surface area is 73.4 Å². The van der Waals surface area contributed by atoms with E-state index in [1.54, 1.807) is 19.1 Å². The molecule has 0 aliphatic heterocycles. The number of ether oxygens (including phenoxy) is 2. The molecule has 0 saturated heterocycles. The highest BCUT2D eigenvalue weighted by Crippen LogP contribution is 1.96. The molecule has 4 nitrogen and oxygen atoms in total. The summed E-state index contributed by atoms with van der Waals surface area (Å²) in [6, 6.07) is 0.0950. The minimum atomic E-state index is -0.0259. The predicted molar refractivity (Wildman–Crippen MR) is 46.0 cm³/mol. The van der Waals surface area contributed by atoms with Gasteiger partial charge in [-0.05, 0) is 6.92 Å². The number of carbonyl (C=O) groups excluding carboxylic acids is 1. The summed E-state index contributed by atoms with van der Waals surface area (Å²) in [7, 11) is 4.86. The first-order chi connectivity index (χ1) is 5.63. The van der Waals surface area contributed by atoms with Crippen molar-refractivity contribution in [2.45, 2.75) is 13.0 Å². The Kier molecular flexibility index (Phi) is 5.66. The average molecular weight is 175 g/mol. The van der Waals surface area contributed by atoms with Crippen molar-refractivity contribution in [3.05, 3.63) is 0 Å². The number of carbonyl (C=O) groups is 1. The van der Waals surface area contributed by atoms with Crippen molar-refractivity contribution < 1.29 is 14.3 Å². The second kappa shape index (κ2) is 5.97. The van der Waals surface area contributed by atoms with Crippen molar-refractivity contribution >= 4 is 5.91 Å². The molecule has 0 aromatic heterocycles. The molecule has 4 heteroatoms. The van der Waals surface area contributed by atoms with Crippen LogP contribution in [0, 0.1) is 0 Å². The molecule has 1 unspecified atom stereocenters. The van der Waals surface area contributed by atoms with Gasteiger partial charge in [-0.15, -0.1) is 0 Å². The standard InChI is InChI=1S/C8H17NO3/c1-7(5-11-3)9(2)8(10)6-12-4/h7H,5-6H2,1-4H3. The quantitative estimate of drug-likeness (QED) is 0.596. The van der Waals surface area contributed by atoms with Crippen LogP contribution in [-0.4, -0.2) is 51.3 Å². The Morgan fingerprint density at radius 2 is 2.00 bits per heavy atom. The van der Waals surface area contributed by atoms with Gasteiger partial charge in [0.15, 0.2) is 0 Å². The summed E-state index contributed by atoms with van der Waals surface area (Å²) in [6.07, 6.45) is 0. The highest BCUT2D eigenvalue weighted by Gasteiger charge is 2.14. The molecule has 0 rings (SSSR count). The fourth-order valence-corrected chi connectivity index (χ4v) is 0.824. The second-order valence-corrected chi connectivity index (χ2v) is 2.74. The van der Waals surface area contributed by atoms with Gasteiger partial charge in [-0.3, -0.25) is 4.79 Å². The molecule has 0 radical (unpaired) electrons. The van der Waals surface area contributed by atoms with Crippen molar-refractivity contribution in [2.24, 2.45) is 0 Å². The van der Waals surface area contributed by atoms with Gasteiger partial charge >= 0.3 is 0 Å². The largest absolute Gasteiger partial charge is 0.383 e. The first-order valence-electron chi connectivity index (χ1n) is 3.87. The van der Waals surface area contributed by atoms with E-state index in [1.807, 2.05) is 6.92 Å². The highest BCUT2D eigenvalue weighted by atomic mass is 16.5. The minimum absolute atomic E-state index is 0.0259. The molecule has 0 aliphatic carbocycles. The van der Waals surface area contributed by atoms with Crippen LogP contribution in [0.1, 0.15) is 6.92 Å². The first-order valence-corrected chi connectivity index (χ1v) is 3.87. The molecular weight excluding hydrogens is 158 g/mol. The zero-order chi connectivity index (χ0) is 9.56. The Balaban J connectivity index is 3.82. The average Bonchev–Trinajstić information content (AvgIpc) is 2.04. The van der Waals surface area contributed by atoms with Gasteiger partial charge < -0.3 is 14.4 Å². The summed E-state index contributed by atoms with van der Waals surface area (Å²) >= 11 is 0. The SMILES string of the molecule is COCC(=O)N(C)C(C)COC. The topological polar surface area (TPSA) is 38.8 Å². The smallest absolute Gasteiger partial charge is 0.248 e. The van der Waals surface area contributed by atoms with Crippen molar-refractivity contribution in [1.29, 1.82) is 0 Å². The number of amides is 1. The van der Waals surface area contributed by atoms with Crippen LogP contribution in [-0.2, 0) is 14.3 Å². The molecule has 1 atom stereocenters. The summed E-state index contributed by atoms with van der Waals surface area (Å²) in [5.41, 5.74) is 0. The van der Waals surface area contributed by atoms with E-state index in [2.05, 4.69) is 0 Å². The Hall–Kier alpha value is -0.610. The third kappa shape index (κ3) is 3.69. The lowest BCUT2D eigenvalue weighted by molar-refractivity contribution is -0.136. The van der Waals surface area contributed by atoms with Crippen LogP contribution >= 0.6 is 0 Å². The fourth-order valence-electron chi connectivity index (χ4n) is 0.824. The first kappa shape index (κ1) is 11.4. The van der Waals surface area contributed by atoms with Crippen LogP contribution in [0.5, 0.6) is 0 Å². The predicted octanol–water partition coefficient (Wildman–Crippen LogP) is 0.126. The lowest BCUT2D eigenvalue weighted by atomic mass is 10.3. The van der Waals surface area contributed by atoms with Crippen LogP contribution < -0.4 is 0 Å². The van der Waals surface area contributed by atoms with Crippen molar-refractivity contribution in [1.82, 2.24) is 4.90 Å². The molecule has 0 aliphatic rings. The monoisotopic (exact) mass is 175 g/mol. The number of hydrogen-bond acceptors (Lipinski definition) is 3. The van der Waals surface area contributed by atoms with Gasteiger partial charge in [0.2, 0.25) is 5.91 Å². The van der Waals surface area contributed by atoms with E-state index in [4.69, 9.17) is 9.47 Å². The van der Waals surface area contributed by atoms with Crippen molar-refractivity contribution in [3.63, 3.8) is 0 Å².